The molecule has 1 saturated heterocycles. The minimum Gasteiger partial charge on any atom is -0.362 e. The predicted octanol–water partition coefficient (Wildman–Crippen LogP) is 2.09. The van der Waals surface area contributed by atoms with E-state index in [2.05, 4.69) is 19.1 Å². The van der Waals surface area contributed by atoms with Crippen LogP contribution in [-0.4, -0.2) is 17.5 Å². The van der Waals surface area contributed by atoms with Gasteiger partial charge in [-0.05, 0) is 19.8 Å². The highest BCUT2D eigenvalue weighted by atomic mass is 16.5. The Hall–Kier alpha value is -0.630. The fraction of sp³-hybridized carbons (Fsp3) is 0.750. The molecular formula is C12H16O2. The van der Waals surface area contributed by atoms with Crippen LogP contribution >= 0.6 is 0 Å². The van der Waals surface area contributed by atoms with Crippen molar-refractivity contribution in [2.24, 2.45) is 11.8 Å². The van der Waals surface area contributed by atoms with Gasteiger partial charge in [0.2, 0.25) is 0 Å². The molecule has 0 aromatic heterocycles. The normalized spacial score (nSPS) is 50.6. The summed E-state index contributed by atoms with van der Waals surface area (Å²) in [5.74, 6) is 0.755. The quantitative estimate of drug-likeness (QED) is 0.549. The summed E-state index contributed by atoms with van der Waals surface area (Å²) >= 11 is 0. The van der Waals surface area contributed by atoms with E-state index in [4.69, 9.17) is 4.74 Å². The smallest absolute Gasteiger partial charge is 0.145 e. The molecule has 3 aliphatic rings. The Kier molecular flexibility index (Phi) is 1.67. The summed E-state index contributed by atoms with van der Waals surface area (Å²) in [6, 6.07) is 0. The van der Waals surface area contributed by atoms with Crippen LogP contribution in [-0.2, 0) is 9.53 Å². The van der Waals surface area contributed by atoms with Crippen molar-refractivity contribution in [1.82, 2.24) is 0 Å². The van der Waals surface area contributed by atoms with Gasteiger partial charge in [0.1, 0.15) is 5.78 Å². The maximum atomic E-state index is 12.2. The summed E-state index contributed by atoms with van der Waals surface area (Å²) in [4.78, 5) is 12.2. The molecule has 0 unspecified atom stereocenters. The van der Waals surface area contributed by atoms with Crippen molar-refractivity contribution in [2.45, 2.75) is 44.3 Å². The summed E-state index contributed by atoms with van der Waals surface area (Å²) in [5.41, 5.74) is -0.275. The van der Waals surface area contributed by atoms with Gasteiger partial charge in [0, 0.05) is 5.92 Å². The van der Waals surface area contributed by atoms with E-state index in [1.54, 1.807) is 0 Å². The molecule has 2 fully saturated rings. The van der Waals surface area contributed by atoms with Gasteiger partial charge in [0.05, 0.1) is 17.6 Å². The number of carbonyl (C=O) groups is 1. The van der Waals surface area contributed by atoms with E-state index in [-0.39, 0.29) is 23.5 Å². The fourth-order valence-corrected chi connectivity index (χ4v) is 3.22. The number of hydrogen-bond acceptors (Lipinski definition) is 2. The largest absolute Gasteiger partial charge is 0.362 e. The zero-order valence-electron chi connectivity index (χ0n) is 8.53. The molecule has 2 heteroatoms. The first-order valence-corrected chi connectivity index (χ1v) is 5.62. The van der Waals surface area contributed by atoms with Crippen LogP contribution in [0.1, 0.15) is 32.6 Å². The summed E-state index contributed by atoms with van der Waals surface area (Å²) in [6.45, 7) is 2.06. The van der Waals surface area contributed by atoms with Crippen LogP contribution in [0.2, 0.25) is 0 Å². The number of carbonyl (C=O) groups excluding carboxylic acids is 1. The number of rotatable bonds is 0. The minimum atomic E-state index is -0.275. The molecule has 2 nitrogen and oxygen atoms in total. The van der Waals surface area contributed by atoms with Gasteiger partial charge in [-0.1, -0.05) is 25.0 Å². The lowest BCUT2D eigenvalue weighted by Gasteiger charge is -2.39. The van der Waals surface area contributed by atoms with Crippen LogP contribution in [0.3, 0.4) is 0 Å². The molecule has 2 heterocycles. The third-order valence-electron chi connectivity index (χ3n) is 4.06. The van der Waals surface area contributed by atoms with E-state index in [1.807, 2.05) is 0 Å². The van der Waals surface area contributed by atoms with Crippen molar-refractivity contribution in [3.8, 4) is 0 Å². The van der Waals surface area contributed by atoms with E-state index in [9.17, 15) is 4.79 Å². The Bertz CT molecular complexity index is 307. The Morgan fingerprint density at radius 2 is 2.21 bits per heavy atom. The van der Waals surface area contributed by atoms with Crippen molar-refractivity contribution in [3.63, 3.8) is 0 Å². The van der Waals surface area contributed by atoms with Gasteiger partial charge in [-0.15, -0.1) is 0 Å². The Balaban J connectivity index is 2.04. The maximum Gasteiger partial charge on any atom is 0.145 e. The molecule has 0 N–H and O–H groups in total. The van der Waals surface area contributed by atoms with Crippen molar-refractivity contribution >= 4 is 5.78 Å². The van der Waals surface area contributed by atoms with Crippen LogP contribution in [0.25, 0.3) is 0 Å². The van der Waals surface area contributed by atoms with Crippen molar-refractivity contribution in [3.05, 3.63) is 12.2 Å². The zero-order chi connectivity index (χ0) is 9.76. The molecule has 14 heavy (non-hydrogen) atoms. The summed E-state index contributed by atoms with van der Waals surface area (Å²) in [6.07, 6.45) is 8.73. The van der Waals surface area contributed by atoms with E-state index >= 15 is 0 Å². The van der Waals surface area contributed by atoms with Crippen LogP contribution in [0.4, 0.5) is 0 Å². The summed E-state index contributed by atoms with van der Waals surface area (Å²) in [7, 11) is 0. The molecular weight excluding hydrogens is 176 g/mol. The molecule has 76 valence electrons. The Morgan fingerprint density at radius 3 is 3.07 bits per heavy atom. The average molecular weight is 192 g/mol. The van der Waals surface area contributed by atoms with E-state index in [0.717, 1.165) is 12.8 Å². The molecule has 4 atom stereocenters. The fourth-order valence-electron chi connectivity index (χ4n) is 3.22. The van der Waals surface area contributed by atoms with Gasteiger partial charge < -0.3 is 4.74 Å². The van der Waals surface area contributed by atoms with Gasteiger partial charge in [-0.25, -0.2) is 0 Å². The van der Waals surface area contributed by atoms with Crippen molar-refractivity contribution in [1.29, 1.82) is 0 Å². The second-order valence-electron chi connectivity index (χ2n) is 4.97. The Labute approximate surface area is 84.3 Å². The van der Waals surface area contributed by atoms with Crippen molar-refractivity contribution in [2.75, 3.05) is 0 Å². The molecule has 0 radical (unpaired) electrons. The Morgan fingerprint density at radius 1 is 1.43 bits per heavy atom. The van der Waals surface area contributed by atoms with Crippen LogP contribution in [0, 0.1) is 11.8 Å². The van der Waals surface area contributed by atoms with Gasteiger partial charge in [-0.2, -0.15) is 0 Å². The van der Waals surface area contributed by atoms with Gasteiger partial charge in [0.25, 0.3) is 0 Å². The van der Waals surface area contributed by atoms with Crippen LogP contribution in [0.15, 0.2) is 12.2 Å². The molecule has 0 aromatic carbocycles. The monoisotopic (exact) mass is 192 g/mol. The highest BCUT2D eigenvalue weighted by Gasteiger charge is 2.52. The molecule has 2 aliphatic heterocycles. The van der Waals surface area contributed by atoms with Crippen LogP contribution < -0.4 is 0 Å². The van der Waals surface area contributed by atoms with E-state index < -0.39 is 0 Å². The summed E-state index contributed by atoms with van der Waals surface area (Å²) < 4.78 is 5.97. The summed E-state index contributed by atoms with van der Waals surface area (Å²) in [5, 5.41) is 0. The molecule has 4 bridgehead atoms. The molecule has 0 spiro atoms. The zero-order valence-corrected chi connectivity index (χ0v) is 8.53. The maximum absolute atomic E-state index is 12.2. The molecule has 0 aromatic rings. The lowest BCUT2D eigenvalue weighted by Crippen LogP contribution is -2.49. The minimum absolute atomic E-state index is 0.0850. The second kappa shape index (κ2) is 2.69. The lowest BCUT2D eigenvalue weighted by molar-refractivity contribution is -0.158. The van der Waals surface area contributed by atoms with Gasteiger partial charge in [0.15, 0.2) is 0 Å². The lowest BCUT2D eigenvalue weighted by atomic mass is 9.78. The van der Waals surface area contributed by atoms with Gasteiger partial charge in [-0.3, -0.25) is 4.79 Å². The third-order valence-corrected chi connectivity index (χ3v) is 4.06. The van der Waals surface area contributed by atoms with E-state index in [0.29, 0.717) is 5.78 Å². The average Bonchev–Trinajstić information content (AvgIpc) is 2.42. The first-order chi connectivity index (χ1) is 6.71. The second-order valence-corrected chi connectivity index (χ2v) is 4.97. The molecule has 1 saturated carbocycles. The first-order valence-electron chi connectivity index (χ1n) is 5.62. The number of hydrogen-bond donors (Lipinski definition) is 0. The highest BCUT2D eigenvalue weighted by Crippen LogP contribution is 2.46. The van der Waals surface area contributed by atoms with E-state index in [1.165, 1.54) is 12.8 Å². The van der Waals surface area contributed by atoms with Crippen molar-refractivity contribution < 1.29 is 9.53 Å². The first kappa shape index (κ1) is 8.66. The number of fused-ring (bicyclic) bond motifs is 6. The number of ketones is 1. The topological polar surface area (TPSA) is 26.3 Å². The third kappa shape index (κ3) is 0.977. The molecule has 3 rings (SSSR count). The molecule has 1 aliphatic carbocycles. The number of Topliss-reactive ketones (excluding diaryl/α,β-unsaturated/α-hetero) is 1. The van der Waals surface area contributed by atoms with Crippen LogP contribution in [0.5, 0.6) is 0 Å². The highest BCUT2D eigenvalue weighted by molar-refractivity contribution is 5.87. The van der Waals surface area contributed by atoms with Gasteiger partial charge >= 0.3 is 0 Å². The SMILES string of the molecule is C[C@@]12C=C[C@H](O1)[C@H]1CCCC[C@H]2C1=O. The molecule has 0 amide bonds. The predicted molar refractivity (Wildman–Crippen MR) is 52.9 cm³/mol. The standard InChI is InChI=1S/C12H16O2/c1-12-7-6-10(14-12)8-4-2-3-5-9(12)11(8)13/h6-10H,2-5H2,1H3/t8-,9+,10+,12+/m1/s1. The number of ether oxygens (including phenoxy) is 1.